The number of aryl methyl sites for hydroxylation is 2. The van der Waals surface area contributed by atoms with Gasteiger partial charge in [0.25, 0.3) is 5.91 Å². The Morgan fingerprint density at radius 3 is 2.88 bits per heavy atom. The Labute approximate surface area is 105 Å². The number of thiazole rings is 1. The van der Waals surface area contributed by atoms with Gasteiger partial charge in [0.1, 0.15) is 5.69 Å². The fourth-order valence-corrected chi connectivity index (χ4v) is 3.13. The highest BCUT2D eigenvalue weighted by Crippen LogP contribution is 2.23. The molecule has 4 nitrogen and oxygen atoms in total. The van der Waals surface area contributed by atoms with E-state index in [9.17, 15) is 9.90 Å². The van der Waals surface area contributed by atoms with Crippen LogP contribution in [0, 0.1) is 13.8 Å². The van der Waals surface area contributed by atoms with Gasteiger partial charge >= 0.3 is 0 Å². The van der Waals surface area contributed by atoms with Crippen LogP contribution in [0.1, 0.15) is 39.6 Å². The van der Waals surface area contributed by atoms with E-state index < -0.39 is 0 Å². The lowest BCUT2D eigenvalue weighted by atomic mass is 10.0. The third-order valence-electron chi connectivity index (χ3n) is 3.20. The summed E-state index contributed by atoms with van der Waals surface area (Å²) < 4.78 is 0. The Balaban J connectivity index is 2.21. The summed E-state index contributed by atoms with van der Waals surface area (Å²) in [5.41, 5.74) is 0.563. The first-order valence-corrected chi connectivity index (χ1v) is 6.81. The fourth-order valence-electron chi connectivity index (χ4n) is 2.32. The van der Waals surface area contributed by atoms with Gasteiger partial charge in [0.2, 0.25) is 0 Å². The summed E-state index contributed by atoms with van der Waals surface area (Å²) in [7, 11) is 0. The van der Waals surface area contributed by atoms with Crippen LogP contribution in [0.15, 0.2) is 0 Å². The second kappa shape index (κ2) is 5.14. The quantitative estimate of drug-likeness (QED) is 0.874. The molecular weight excluding hydrogens is 236 g/mol. The number of nitrogens with zero attached hydrogens (tertiary/aromatic N) is 2. The zero-order valence-electron chi connectivity index (χ0n) is 10.3. The molecule has 0 radical (unpaired) electrons. The number of hydrogen-bond donors (Lipinski definition) is 1. The summed E-state index contributed by atoms with van der Waals surface area (Å²) in [5.74, 6) is -0.0226. The molecule has 0 spiro atoms. The SMILES string of the molecule is Cc1nc(C(=O)N2CCCC[C@@H]2CO)c(C)s1. The normalized spacial score (nSPS) is 20.6. The van der Waals surface area contributed by atoms with Gasteiger partial charge < -0.3 is 10.0 Å². The van der Waals surface area contributed by atoms with Gasteiger partial charge in [0, 0.05) is 11.4 Å². The average Bonchev–Trinajstić information content (AvgIpc) is 2.67. The predicted octanol–water partition coefficient (Wildman–Crippen LogP) is 1.75. The molecule has 5 heteroatoms. The van der Waals surface area contributed by atoms with E-state index in [-0.39, 0.29) is 18.6 Å². The van der Waals surface area contributed by atoms with E-state index in [1.165, 1.54) is 0 Å². The van der Waals surface area contributed by atoms with Gasteiger partial charge in [-0.05, 0) is 33.1 Å². The van der Waals surface area contributed by atoms with Gasteiger partial charge in [-0.3, -0.25) is 4.79 Å². The van der Waals surface area contributed by atoms with Gasteiger partial charge in [-0.25, -0.2) is 4.98 Å². The van der Waals surface area contributed by atoms with Crippen molar-refractivity contribution in [3.05, 3.63) is 15.6 Å². The van der Waals surface area contributed by atoms with Crippen molar-refractivity contribution in [2.45, 2.75) is 39.2 Å². The molecule has 1 aliphatic heterocycles. The summed E-state index contributed by atoms with van der Waals surface area (Å²) in [6.07, 6.45) is 3.00. The number of aliphatic hydroxyl groups is 1. The van der Waals surface area contributed by atoms with Crippen LogP contribution in [0.4, 0.5) is 0 Å². The van der Waals surface area contributed by atoms with Gasteiger partial charge in [-0.1, -0.05) is 0 Å². The monoisotopic (exact) mass is 254 g/mol. The highest BCUT2D eigenvalue weighted by Gasteiger charge is 2.29. The third kappa shape index (κ3) is 2.50. The number of carbonyl (C=O) groups is 1. The average molecular weight is 254 g/mol. The summed E-state index contributed by atoms with van der Waals surface area (Å²) in [4.78, 5) is 19.4. The van der Waals surface area contributed by atoms with Crippen molar-refractivity contribution in [1.82, 2.24) is 9.88 Å². The van der Waals surface area contributed by atoms with Crippen LogP contribution in [-0.4, -0.2) is 40.1 Å². The molecule has 1 saturated heterocycles. The maximum absolute atomic E-state index is 12.4. The number of carbonyl (C=O) groups excluding carboxylic acids is 1. The van der Waals surface area contributed by atoms with E-state index >= 15 is 0 Å². The molecule has 0 saturated carbocycles. The van der Waals surface area contributed by atoms with Crippen molar-refractivity contribution in [2.24, 2.45) is 0 Å². The molecule has 1 N–H and O–H groups in total. The lowest BCUT2D eigenvalue weighted by Gasteiger charge is -2.34. The van der Waals surface area contributed by atoms with Gasteiger partial charge in [-0.15, -0.1) is 11.3 Å². The minimum atomic E-state index is -0.0299. The number of likely N-dealkylation sites (tertiary alicyclic amines) is 1. The number of aliphatic hydroxyl groups excluding tert-OH is 1. The van der Waals surface area contributed by atoms with Gasteiger partial charge in [0.15, 0.2) is 0 Å². The van der Waals surface area contributed by atoms with Crippen LogP contribution in [0.2, 0.25) is 0 Å². The topological polar surface area (TPSA) is 53.4 Å². The Morgan fingerprint density at radius 2 is 2.29 bits per heavy atom. The van der Waals surface area contributed by atoms with E-state index in [2.05, 4.69) is 4.98 Å². The molecule has 1 aromatic heterocycles. The smallest absolute Gasteiger partial charge is 0.273 e. The lowest BCUT2D eigenvalue weighted by Crippen LogP contribution is -2.45. The van der Waals surface area contributed by atoms with E-state index in [4.69, 9.17) is 0 Å². The molecule has 94 valence electrons. The van der Waals surface area contributed by atoms with Gasteiger partial charge in [-0.2, -0.15) is 0 Å². The zero-order chi connectivity index (χ0) is 12.4. The molecule has 1 fully saturated rings. The summed E-state index contributed by atoms with van der Waals surface area (Å²) in [6, 6.07) is -0.0299. The van der Waals surface area contributed by atoms with Crippen LogP contribution >= 0.6 is 11.3 Å². The standard InChI is InChI=1S/C12H18N2O2S/c1-8-11(13-9(2)17-8)12(16)14-6-4-3-5-10(14)7-15/h10,15H,3-7H2,1-2H3/t10-/m1/s1. The highest BCUT2D eigenvalue weighted by molar-refractivity contribution is 7.11. The van der Waals surface area contributed by atoms with Crippen molar-refractivity contribution in [1.29, 1.82) is 0 Å². The Morgan fingerprint density at radius 1 is 1.53 bits per heavy atom. The van der Waals surface area contributed by atoms with E-state index in [0.717, 1.165) is 35.7 Å². The number of rotatable bonds is 2. The molecule has 17 heavy (non-hydrogen) atoms. The van der Waals surface area contributed by atoms with E-state index in [1.54, 1.807) is 16.2 Å². The van der Waals surface area contributed by atoms with E-state index in [0.29, 0.717) is 5.69 Å². The maximum Gasteiger partial charge on any atom is 0.273 e. The largest absolute Gasteiger partial charge is 0.394 e. The van der Waals surface area contributed by atoms with Crippen LogP contribution in [0.25, 0.3) is 0 Å². The predicted molar refractivity (Wildman–Crippen MR) is 67.3 cm³/mol. The van der Waals surface area contributed by atoms with Crippen molar-refractivity contribution in [2.75, 3.05) is 13.2 Å². The molecule has 0 aromatic carbocycles. The fraction of sp³-hybridized carbons (Fsp3) is 0.667. The molecule has 0 unspecified atom stereocenters. The molecule has 2 heterocycles. The van der Waals surface area contributed by atoms with Crippen LogP contribution in [-0.2, 0) is 0 Å². The lowest BCUT2D eigenvalue weighted by molar-refractivity contribution is 0.0497. The first-order chi connectivity index (χ1) is 8.13. The molecule has 1 aromatic rings. The maximum atomic E-state index is 12.4. The van der Waals surface area contributed by atoms with Crippen LogP contribution in [0.5, 0.6) is 0 Å². The van der Waals surface area contributed by atoms with Crippen molar-refractivity contribution in [3.63, 3.8) is 0 Å². The molecule has 0 aliphatic carbocycles. The summed E-state index contributed by atoms with van der Waals surface area (Å²) in [6.45, 7) is 4.62. The Hall–Kier alpha value is -0.940. The number of hydrogen-bond acceptors (Lipinski definition) is 4. The van der Waals surface area contributed by atoms with Crippen molar-refractivity contribution in [3.8, 4) is 0 Å². The van der Waals surface area contributed by atoms with E-state index in [1.807, 2.05) is 13.8 Å². The molecule has 1 aliphatic rings. The summed E-state index contributed by atoms with van der Waals surface area (Å²) >= 11 is 1.55. The molecule has 1 amide bonds. The zero-order valence-corrected chi connectivity index (χ0v) is 11.1. The highest BCUT2D eigenvalue weighted by atomic mass is 32.1. The number of aromatic nitrogens is 1. The van der Waals surface area contributed by atoms with Gasteiger partial charge in [0.05, 0.1) is 17.7 Å². The molecule has 2 rings (SSSR count). The van der Waals surface area contributed by atoms with Crippen LogP contribution < -0.4 is 0 Å². The molecular formula is C12H18N2O2S. The van der Waals surface area contributed by atoms with Crippen LogP contribution in [0.3, 0.4) is 0 Å². The second-order valence-electron chi connectivity index (χ2n) is 4.47. The van der Waals surface area contributed by atoms with Crippen molar-refractivity contribution >= 4 is 17.2 Å². The van der Waals surface area contributed by atoms with Crippen molar-refractivity contribution < 1.29 is 9.90 Å². The first kappa shape index (κ1) is 12.5. The Kier molecular flexibility index (Phi) is 3.79. The summed E-state index contributed by atoms with van der Waals surface area (Å²) in [5, 5.41) is 10.2. The third-order valence-corrected chi connectivity index (χ3v) is 4.09. The minimum absolute atomic E-state index is 0.0226. The number of piperidine rings is 1. The Bertz CT molecular complexity index is 417. The molecule has 1 atom stereocenters. The minimum Gasteiger partial charge on any atom is -0.394 e. The first-order valence-electron chi connectivity index (χ1n) is 5.99. The number of amides is 1. The second-order valence-corrected chi connectivity index (χ2v) is 5.88. The molecule has 0 bridgehead atoms.